The quantitative estimate of drug-likeness (QED) is 0.912. The lowest BCUT2D eigenvalue weighted by atomic mass is 10.1. The van der Waals surface area contributed by atoms with Gasteiger partial charge in [0.2, 0.25) is 11.8 Å². The number of anilines is 2. The van der Waals surface area contributed by atoms with Gasteiger partial charge in [-0.15, -0.1) is 0 Å². The Morgan fingerprint density at radius 3 is 2.41 bits per heavy atom. The van der Waals surface area contributed by atoms with Gasteiger partial charge in [-0.05, 0) is 29.8 Å². The predicted molar refractivity (Wildman–Crippen MR) is 79.4 cm³/mol. The molecule has 0 aliphatic heterocycles. The Kier molecular flexibility index (Phi) is 4.83. The molecule has 0 fully saturated rings. The molecule has 0 unspecified atom stereocenters. The molecule has 2 amide bonds. The van der Waals surface area contributed by atoms with E-state index in [1.54, 1.807) is 6.07 Å². The van der Waals surface area contributed by atoms with Crippen LogP contribution in [-0.4, -0.2) is 11.8 Å². The van der Waals surface area contributed by atoms with E-state index in [1.165, 1.54) is 31.2 Å². The Hall–Kier alpha value is -2.76. The molecule has 0 radical (unpaired) electrons. The highest BCUT2D eigenvalue weighted by atomic mass is 19.1. The summed E-state index contributed by atoms with van der Waals surface area (Å²) >= 11 is 0. The van der Waals surface area contributed by atoms with Crippen LogP contribution in [0.2, 0.25) is 0 Å². The standard InChI is InChI=1S/C16H14F2N2O2/c1-10(21)19-14-7-6-12(17)9-15(14)20-16(22)8-11-4-2-3-5-13(11)18/h2-7,9H,8H2,1H3,(H,19,21)(H,20,22). The van der Waals surface area contributed by atoms with Gasteiger partial charge in [-0.25, -0.2) is 8.78 Å². The first-order valence-corrected chi connectivity index (χ1v) is 6.56. The van der Waals surface area contributed by atoms with E-state index in [9.17, 15) is 18.4 Å². The number of benzene rings is 2. The molecule has 22 heavy (non-hydrogen) atoms. The Balaban J connectivity index is 2.16. The molecule has 0 bridgehead atoms. The first-order chi connectivity index (χ1) is 10.5. The highest BCUT2D eigenvalue weighted by Crippen LogP contribution is 2.23. The number of hydrogen-bond donors (Lipinski definition) is 2. The fourth-order valence-corrected chi connectivity index (χ4v) is 1.93. The molecule has 0 saturated carbocycles. The molecule has 0 spiro atoms. The average molecular weight is 304 g/mol. The van der Waals surface area contributed by atoms with Gasteiger partial charge in [-0.2, -0.15) is 0 Å². The molecule has 2 aromatic carbocycles. The van der Waals surface area contributed by atoms with Crippen molar-refractivity contribution in [1.82, 2.24) is 0 Å². The summed E-state index contributed by atoms with van der Waals surface area (Å²) in [5.41, 5.74) is 0.629. The molecule has 0 aliphatic rings. The van der Waals surface area contributed by atoms with Gasteiger partial charge in [0.15, 0.2) is 0 Å². The lowest BCUT2D eigenvalue weighted by molar-refractivity contribution is -0.116. The number of carbonyl (C=O) groups is 2. The highest BCUT2D eigenvalue weighted by Gasteiger charge is 2.12. The predicted octanol–water partition coefficient (Wildman–Crippen LogP) is 3.10. The first kappa shape index (κ1) is 15.6. The number of halogens is 2. The van der Waals surface area contributed by atoms with Gasteiger partial charge in [0.1, 0.15) is 11.6 Å². The van der Waals surface area contributed by atoms with Crippen molar-refractivity contribution in [2.75, 3.05) is 10.6 Å². The second-order valence-electron chi connectivity index (χ2n) is 4.69. The van der Waals surface area contributed by atoms with E-state index in [0.717, 1.165) is 12.1 Å². The molecule has 2 N–H and O–H groups in total. The second-order valence-corrected chi connectivity index (χ2v) is 4.69. The zero-order valence-electron chi connectivity index (χ0n) is 11.8. The minimum Gasteiger partial charge on any atom is -0.325 e. The van der Waals surface area contributed by atoms with Crippen LogP contribution in [0.3, 0.4) is 0 Å². The lowest BCUT2D eigenvalue weighted by Crippen LogP contribution is -2.17. The van der Waals surface area contributed by atoms with E-state index in [2.05, 4.69) is 10.6 Å². The van der Waals surface area contributed by atoms with Crippen LogP contribution < -0.4 is 10.6 Å². The van der Waals surface area contributed by atoms with Gasteiger partial charge in [0.25, 0.3) is 0 Å². The molecule has 0 aliphatic carbocycles. The van der Waals surface area contributed by atoms with Gasteiger partial charge in [-0.3, -0.25) is 9.59 Å². The van der Waals surface area contributed by atoms with Crippen LogP contribution in [0.25, 0.3) is 0 Å². The first-order valence-electron chi connectivity index (χ1n) is 6.56. The number of nitrogens with one attached hydrogen (secondary N) is 2. The van der Waals surface area contributed by atoms with Crippen LogP contribution in [0.15, 0.2) is 42.5 Å². The summed E-state index contributed by atoms with van der Waals surface area (Å²) in [6, 6.07) is 9.50. The van der Waals surface area contributed by atoms with Gasteiger partial charge in [0, 0.05) is 6.92 Å². The Morgan fingerprint density at radius 2 is 1.73 bits per heavy atom. The maximum atomic E-state index is 13.5. The molecule has 114 valence electrons. The monoisotopic (exact) mass is 304 g/mol. The minimum atomic E-state index is -0.560. The fraction of sp³-hybridized carbons (Fsp3) is 0.125. The average Bonchev–Trinajstić information content (AvgIpc) is 2.44. The molecule has 0 saturated heterocycles. The zero-order valence-corrected chi connectivity index (χ0v) is 11.8. The van der Waals surface area contributed by atoms with Crippen molar-refractivity contribution in [3.8, 4) is 0 Å². The largest absolute Gasteiger partial charge is 0.325 e. The second kappa shape index (κ2) is 6.80. The van der Waals surface area contributed by atoms with Crippen LogP contribution in [-0.2, 0) is 16.0 Å². The summed E-state index contributed by atoms with van der Waals surface area (Å²) in [7, 11) is 0. The van der Waals surface area contributed by atoms with Crippen molar-refractivity contribution >= 4 is 23.2 Å². The van der Waals surface area contributed by atoms with Crippen molar-refractivity contribution in [2.24, 2.45) is 0 Å². The maximum absolute atomic E-state index is 13.5. The van der Waals surface area contributed by atoms with Crippen molar-refractivity contribution in [1.29, 1.82) is 0 Å². The van der Waals surface area contributed by atoms with Crippen molar-refractivity contribution in [3.63, 3.8) is 0 Å². The number of rotatable bonds is 4. The molecule has 0 aromatic heterocycles. The smallest absolute Gasteiger partial charge is 0.228 e. The number of carbonyl (C=O) groups excluding carboxylic acids is 2. The fourth-order valence-electron chi connectivity index (χ4n) is 1.93. The summed E-state index contributed by atoms with van der Waals surface area (Å²) in [5.74, 6) is -1.91. The van der Waals surface area contributed by atoms with Gasteiger partial charge in [0.05, 0.1) is 17.8 Å². The summed E-state index contributed by atoms with van der Waals surface area (Å²) in [5, 5.41) is 4.96. The zero-order chi connectivity index (χ0) is 16.1. The molecule has 6 heteroatoms. The van der Waals surface area contributed by atoms with Crippen LogP contribution in [0.4, 0.5) is 20.2 Å². The number of amides is 2. The summed E-state index contributed by atoms with van der Waals surface area (Å²) in [6.07, 6.45) is -0.192. The Morgan fingerprint density at radius 1 is 1.00 bits per heavy atom. The SMILES string of the molecule is CC(=O)Nc1ccc(F)cc1NC(=O)Cc1ccccc1F. The summed E-state index contributed by atoms with van der Waals surface area (Å²) in [4.78, 5) is 23.1. The Bertz CT molecular complexity index is 717. The third kappa shape index (κ3) is 4.12. The molecule has 0 heterocycles. The number of hydrogen-bond acceptors (Lipinski definition) is 2. The third-order valence-corrected chi connectivity index (χ3v) is 2.88. The van der Waals surface area contributed by atoms with E-state index in [0.29, 0.717) is 0 Å². The van der Waals surface area contributed by atoms with Gasteiger partial charge in [-0.1, -0.05) is 18.2 Å². The highest BCUT2D eigenvalue weighted by molar-refractivity contribution is 5.99. The minimum absolute atomic E-state index is 0.122. The third-order valence-electron chi connectivity index (χ3n) is 2.88. The normalized spacial score (nSPS) is 10.1. The van der Waals surface area contributed by atoms with E-state index < -0.39 is 17.5 Å². The topological polar surface area (TPSA) is 58.2 Å². The molecule has 2 rings (SSSR count). The Labute approximate surface area is 126 Å². The molecule has 4 nitrogen and oxygen atoms in total. The van der Waals surface area contributed by atoms with E-state index in [-0.39, 0.29) is 29.3 Å². The molecule has 2 aromatic rings. The molecule has 0 atom stereocenters. The van der Waals surface area contributed by atoms with Crippen molar-refractivity contribution in [2.45, 2.75) is 13.3 Å². The van der Waals surface area contributed by atoms with Gasteiger partial charge >= 0.3 is 0 Å². The van der Waals surface area contributed by atoms with Crippen molar-refractivity contribution < 1.29 is 18.4 Å². The van der Waals surface area contributed by atoms with Crippen LogP contribution in [0.1, 0.15) is 12.5 Å². The lowest BCUT2D eigenvalue weighted by Gasteiger charge is -2.12. The van der Waals surface area contributed by atoms with E-state index in [4.69, 9.17) is 0 Å². The molecular formula is C16H14F2N2O2. The maximum Gasteiger partial charge on any atom is 0.228 e. The van der Waals surface area contributed by atoms with Crippen LogP contribution >= 0.6 is 0 Å². The van der Waals surface area contributed by atoms with Gasteiger partial charge < -0.3 is 10.6 Å². The summed E-state index contributed by atoms with van der Waals surface area (Å²) < 4.78 is 26.8. The summed E-state index contributed by atoms with van der Waals surface area (Å²) in [6.45, 7) is 1.30. The van der Waals surface area contributed by atoms with E-state index >= 15 is 0 Å². The van der Waals surface area contributed by atoms with E-state index in [1.807, 2.05) is 0 Å². The molecular weight excluding hydrogens is 290 g/mol. The van der Waals surface area contributed by atoms with Crippen LogP contribution in [0.5, 0.6) is 0 Å². The van der Waals surface area contributed by atoms with Crippen molar-refractivity contribution in [3.05, 3.63) is 59.7 Å². The van der Waals surface area contributed by atoms with Crippen LogP contribution in [0, 0.1) is 11.6 Å².